The van der Waals surface area contributed by atoms with E-state index < -0.39 is 5.91 Å². The summed E-state index contributed by atoms with van der Waals surface area (Å²) < 4.78 is 0. The smallest absolute Gasteiger partial charge is 0.250 e. The molecule has 28 heavy (non-hydrogen) atoms. The van der Waals surface area contributed by atoms with Gasteiger partial charge in [0.15, 0.2) is 0 Å². The van der Waals surface area contributed by atoms with Crippen LogP contribution >= 0.6 is 0 Å². The molecule has 0 radical (unpaired) electrons. The largest absolute Gasteiger partial charge is 0.370 e. The molecule has 1 aliphatic rings. The first kappa shape index (κ1) is 18.4. The van der Waals surface area contributed by atoms with Gasteiger partial charge in [-0.25, -0.2) is 9.97 Å². The average Bonchev–Trinajstić information content (AvgIpc) is 3.16. The number of imidazole rings is 1. The zero-order valence-corrected chi connectivity index (χ0v) is 15.7. The lowest BCUT2D eigenvalue weighted by atomic mass is 10.2. The van der Waals surface area contributed by atoms with Gasteiger partial charge in [-0.2, -0.15) is 0 Å². The van der Waals surface area contributed by atoms with Gasteiger partial charge in [0.05, 0.1) is 16.6 Å². The first-order valence-corrected chi connectivity index (χ1v) is 9.62. The highest BCUT2D eigenvalue weighted by atomic mass is 16.1. The van der Waals surface area contributed by atoms with Crippen molar-refractivity contribution in [3.63, 3.8) is 0 Å². The highest BCUT2D eigenvalue weighted by Crippen LogP contribution is 2.23. The van der Waals surface area contributed by atoms with Crippen molar-refractivity contribution in [1.29, 1.82) is 0 Å². The summed E-state index contributed by atoms with van der Waals surface area (Å²) in [7, 11) is 0. The van der Waals surface area contributed by atoms with Crippen LogP contribution in [0, 0.1) is 0 Å². The van der Waals surface area contributed by atoms with E-state index in [1.54, 1.807) is 18.3 Å². The molecule has 4 rings (SSSR count). The summed E-state index contributed by atoms with van der Waals surface area (Å²) in [5.41, 5.74) is 8.10. The third kappa shape index (κ3) is 4.13. The number of fused-ring (bicyclic) bond motifs is 1. The molecular formula is C20H25N7O. The third-order valence-electron chi connectivity index (χ3n) is 4.99. The van der Waals surface area contributed by atoms with Crippen LogP contribution in [0.25, 0.3) is 22.4 Å². The van der Waals surface area contributed by atoms with Crippen molar-refractivity contribution >= 4 is 22.8 Å². The fourth-order valence-electron chi connectivity index (χ4n) is 3.47. The number of nitrogens with one attached hydrogen (secondary N) is 3. The molecular weight excluding hydrogens is 354 g/mol. The van der Waals surface area contributed by atoms with Crippen LogP contribution < -0.4 is 16.4 Å². The number of anilines is 1. The maximum absolute atomic E-state index is 11.6. The fourth-order valence-corrected chi connectivity index (χ4v) is 3.47. The first-order chi connectivity index (χ1) is 13.7. The number of aromatic amines is 1. The predicted octanol–water partition coefficient (Wildman–Crippen LogP) is 1.43. The summed E-state index contributed by atoms with van der Waals surface area (Å²) in [5.74, 6) is 1.04. The van der Waals surface area contributed by atoms with Gasteiger partial charge >= 0.3 is 0 Å². The van der Waals surface area contributed by atoms with Crippen LogP contribution in [0.5, 0.6) is 0 Å². The van der Waals surface area contributed by atoms with Crippen LogP contribution in [0.4, 0.5) is 5.82 Å². The van der Waals surface area contributed by atoms with Gasteiger partial charge in [-0.05, 0) is 37.2 Å². The number of aromatic nitrogens is 3. The molecule has 0 atom stereocenters. The van der Waals surface area contributed by atoms with Crippen LogP contribution in [0.1, 0.15) is 16.8 Å². The molecule has 0 unspecified atom stereocenters. The van der Waals surface area contributed by atoms with Crippen molar-refractivity contribution in [2.45, 2.75) is 6.42 Å². The van der Waals surface area contributed by atoms with Crippen LogP contribution in [-0.2, 0) is 0 Å². The third-order valence-corrected chi connectivity index (χ3v) is 4.99. The van der Waals surface area contributed by atoms with E-state index in [2.05, 4.69) is 30.5 Å². The molecule has 0 aliphatic carbocycles. The average molecular weight is 379 g/mol. The second-order valence-electron chi connectivity index (χ2n) is 6.95. The van der Waals surface area contributed by atoms with Gasteiger partial charge in [0.25, 0.3) is 5.91 Å². The van der Waals surface area contributed by atoms with Crippen molar-refractivity contribution in [2.24, 2.45) is 5.73 Å². The standard InChI is InChI=1S/C20H25N7O/c21-19(28)15-3-1-4-16-18(15)26-20(25-16)14-5-6-17(24-13-14)23-7-2-10-27-11-8-22-9-12-27/h1,3-6,13,22H,2,7-12H2,(H2,21,28)(H,23,24)(H,25,26). The molecule has 1 saturated heterocycles. The van der Waals surface area contributed by atoms with Crippen molar-refractivity contribution in [3.05, 3.63) is 42.1 Å². The maximum atomic E-state index is 11.6. The quantitative estimate of drug-likeness (QED) is 0.462. The Morgan fingerprint density at radius 3 is 2.82 bits per heavy atom. The fraction of sp³-hybridized carbons (Fsp3) is 0.350. The Kier molecular flexibility index (Phi) is 5.50. The van der Waals surface area contributed by atoms with E-state index >= 15 is 0 Å². The number of hydrogen-bond donors (Lipinski definition) is 4. The maximum Gasteiger partial charge on any atom is 0.250 e. The summed E-state index contributed by atoms with van der Waals surface area (Å²) in [5, 5.41) is 6.74. The number of hydrogen-bond acceptors (Lipinski definition) is 6. The minimum atomic E-state index is -0.473. The molecule has 1 amide bonds. The number of carbonyl (C=O) groups excluding carboxylic acids is 1. The van der Waals surface area contributed by atoms with E-state index in [0.717, 1.165) is 57.1 Å². The number of piperazine rings is 1. The Morgan fingerprint density at radius 2 is 2.07 bits per heavy atom. The Hall–Kier alpha value is -2.97. The second-order valence-corrected chi connectivity index (χ2v) is 6.95. The topological polar surface area (TPSA) is 112 Å². The Morgan fingerprint density at radius 1 is 1.21 bits per heavy atom. The van der Waals surface area contributed by atoms with Crippen LogP contribution in [0.3, 0.4) is 0 Å². The predicted molar refractivity (Wildman–Crippen MR) is 110 cm³/mol. The Bertz CT molecular complexity index is 945. The molecule has 0 spiro atoms. The zero-order chi connectivity index (χ0) is 19.3. The van der Waals surface area contributed by atoms with Gasteiger partial charge in [-0.15, -0.1) is 0 Å². The van der Waals surface area contributed by atoms with Gasteiger partial charge in [0.1, 0.15) is 11.6 Å². The van der Waals surface area contributed by atoms with Crippen LogP contribution in [-0.4, -0.2) is 65.0 Å². The minimum Gasteiger partial charge on any atom is -0.370 e. The van der Waals surface area contributed by atoms with Gasteiger partial charge in [0, 0.05) is 44.5 Å². The van der Waals surface area contributed by atoms with Gasteiger partial charge < -0.3 is 26.3 Å². The SMILES string of the molecule is NC(=O)c1cccc2nc(-c3ccc(NCCCN4CCNCC4)nc3)[nH]c12. The monoisotopic (exact) mass is 379 g/mol. The number of nitrogens with zero attached hydrogens (tertiary/aromatic N) is 3. The van der Waals surface area contributed by atoms with E-state index in [4.69, 9.17) is 5.73 Å². The lowest BCUT2D eigenvalue weighted by Gasteiger charge is -2.27. The van der Waals surface area contributed by atoms with Gasteiger partial charge in [-0.3, -0.25) is 4.79 Å². The molecule has 146 valence electrons. The summed E-state index contributed by atoms with van der Waals surface area (Å²) in [6.07, 6.45) is 2.86. The molecule has 8 nitrogen and oxygen atoms in total. The Labute approximate surface area is 163 Å². The molecule has 1 aromatic carbocycles. The van der Waals surface area contributed by atoms with Crippen molar-refractivity contribution in [1.82, 2.24) is 25.2 Å². The summed E-state index contributed by atoms with van der Waals surface area (Å²) in [6, 6.07) is 9.23. The molecule has 1 aliphatic heterocycles. The van der Waals surface area contributed by atoms with Gasteiger partial charge in [0.2, 0.25) is 0 Å². The molecule has 0 saturated carbocycles. The summed E-state index contributed by atoms with van der Waals surface area (Å²) in [4.78, 5) is 26.3. The van der Waals surface area contributed by atoms with E-state index in [1.165, 1.54) is 0 Å². The lowest BCUT2D eigenvalue weighted by Crippen LogP contribution is -2.44. The van der Waals surface area contributed by atoms with E-state index in [1.807, 2.05) is 18.2 Å². The highest BCUT2D eigenvalue weighted by molar-refractivity contribution is 6.04. The number of para-hydroxylation sites is 1. The number of nitrogens with two attached hydrogens (primary N) is 1. The number of pyridine rings is 1. The van der Waals surface area contributed by atoms with Crippen molar-refractivity contribution < 1.29 is 4.79 Å². The molecule has 5 N–H and O–H groups in total. The van der Waals surface area contributed by atoms with Crippen LogP contribution in [0.2, 0.25) is 0 Å². The Balaban J connectivity index is 1.37. The number of benzene rings is 1. The molecule has 8 heteroatoms. The molecule has 1 fully saturated rings. The molecule has 3 aromatic rings. The van der Waals surface area contributed by atoms with E-state index in [0.29, 0.717) is 22.4 Å². The minimum absolute atomic E-state index is 0.437. The van der Waals surface area contributed by atoms with Crippen molar-refractivity contribution in [2.75, 3.05) is 44.6 Å². The normalized spacial score (nSPS) is 15.0. The van der Waals surface area contributed by atoms with Crippen LogP contribution in [0.15, 0.2) is 36.5 Å². The number of amides is 1. The molecule has 3 heterocycles. The highest BCUT2D eigenvalue weighted by Gasteiger charge is 2.12. The number of rotatable bonds is 7. The molecule has 2 aromatic heterocycles. The lowest BCUT2D eigenvalue weighted by molar-refractivity contribution is 0.100. The number of carbonyl (C=O) groups is 1. The van der Waals surface area contributed by atoms with E-state index in [-0.39, 0.29) is 0 Å². The zero-order valence-electron chi connectivity index (χ0n) is 15.7. The number of primary amides is 1. The van der Waals surface area contributed by atoms with Gasteiger partial charge in [-0.1, -0.05) is 6.07 Å². The summed E-state index contributed by atoms with van der Waals surface area (Å²) >= 11 is 0. The van der Waals surface area contributed by atoms with E-state index in [9.17, 15) is 4.79 Å². The summed E-state index contributed by atoms with van der Waals surface area (Å²) in [6.45, 7) is 6.42. The van der Waals surface area contributed by atoms with Crippen molar-refractivity contribution in [3.8, 4) is 11.4 Å². The second kappa shape index (κ2) is 8.37. The first-order valence-electron chi connectivity index (χ1n) is 9.62. The molecule has 0 bridgehead atoms. The number of H-pyrrole nitrogens is 1.